The lowest BCUT2D eigenvalue weighted by Gasteiger charge is -2.35. The Morgan fingerprint density at radius 1 is 1.30 bits per heavy atom. The summed E-state index contributed by atoms with van der Waals surface area (Å²) in [7, 11) is 0. The van der Waals surface area contributed by atoms with Crippen LogP contribution in [0.15, 0.2) is 24.5 Å². The van der Waals surface area contributed by atoms with Gasteiger partial charge in [-0.25, -0.2) is 9.78 Å². The van der Waals surface area contributed by atoms with Gasteiger partial charge in [-0.1, -0.05) is 19.9 Å². The molecule has 0 atom stereocenters. The van der Waals surface area contributed by atoms with Gasteiger partial charge in [0.1, 0.15) is 11.8 Å². The molecule has 4 rings (SSSR count). The lowest BCUT2D eigenvalue weighted by Crippen LogP contribution is -2.51. The fourth-order valence-corrected chi connectivity index (χ4v) is 3.66. The Labute approximate surface area is 159 Å². The van der Waals surface area contributed by atoms with E-state index in [1.807, 2.05) is 23.1 Å². The molecule has 0 bridgehead atoms. The van der Waals surface area contributed by atoms with Crippen molar-refractivity contribution in [1.82, 2.24) is 19.8 Å². The van der Waals surface area contributed by atoms with E-state index in [4.69, 9.17) is 0 Å². The van der Waals surface area contributed by atoms with Crippen LogP contribution in [-0.4, -0.2) is 58.6 Å². The standard InChI is InChI=1S/C20H27N5O2/c1-14(2)8-9-21-20(27)25-13-22-19-16(4-3-5-17(19)25)23-10-11-24(15-6-7-15)18(26)12-23/h3-5,13-15H,6-12H2,1-2H3,(H,21,27). The number of piperazine rings is 1. The van der Waals surface area contributed by atoms with E-state index < -0.39 is 0 Å². The van der Waals surface area contributed by atoms with Crippen LogP contribution in [-0.2, 0) is 4.79 Å². The van der Waals surface area contributed by atoms with E-state index in [0.29, 0.717) is 25.0 Å². The fourth-order valence-electron chi connectivity index (χ4n) is 3.66. The van der Waals surface area contributed by atoms with E-state index in [1.54, 1.807) is 10.9 Å². The number of aromatic nitrogens is 2. The highest BCUT2D eigenvalue weighted by molar-refractivity contribution is 5.96. The van der Waals surface area contributed by atoms with E-state index in [2.05, 4.69) is 29.0 Å². The molecule has 2 amide bonds. The van der Waals surface area contributed by atoms with Crippen LogP contribution in [0.5, 0.6) is 0 Å². The average molecular weight is 369 g/mol. The minimum Gasteiger partial charge on any atom is -0.359 e. The molecule has 0 radical (unpaired) electrons. The summed E-state index contributed by atoms with van der Waals surface area (Å²) in [6.45, 7) is 6.85. The van der Waals surface area contributed by atoms with Crippen LogP contribution in [0.1, 0.15) is 33.1 Å². The molecule has 1 aliphatic heterocycles. The molecule has 1 aliphatic carbocycles. The lowest BCUT2D eigenvalue weighted by atomic mass is 10.1. The van der Waals surface area contributed by atoms with Crippen molar-refractivity contribution in [2.75, 3.05) is 31.1 Å². The number of amides is 2. The van der Waals surface area contributed by atoms with Gasteiger partial charge in [-0.3, -0.25) is 9.36 Å². The Kier molecular flexibility index (Phi) is 4.76. The maximum absolute atomic E-state index is 12.5. The predicted molar refractivity (Wildman–Crippen MR) is 105 cm³/mol. The summed E-state index contributed by atoms with van der Waals surface area (Å²) in [5.41, 5.74) is 2.46. The fraction of sp³-hybridized carbons (Fsp3) is 0.550. The molecule has 0 unspecified atom stereocenters. The van der Waals surface area contributed by atoms with Gasteiger partial charge in [0, 0.05) is 25.7 Å². The van der Waals surface area contributed by atoms with Gasteiger partial charge in [-0.05, 0) is 37.3 Å². The van der Waals surface area contributed by atoms with Crippen molar-refractivity contribution in [2.24, 2.45) is 5.92 Å². The first kappa shape index (κ1) is 17.8. The molecular formula is C20H27N5O2. The van der Waals surface area contributed by atoms with Crippen LogP contribution in [0, 0.1) is 5.92 Å². The van der Waals surface area contributed by atoms with E-state index in [-0.39, 0.29) is 11.9 Å². The number of nitrogens with one attached hydrogen (secondary N) is 1. The highest BCUT2D eigenvalue weighted by atomic mass is 16.2. The molecular weight excluding hydrogens is 342 g/mol. The first-order valence-corrected chi connectivity index (χ1v) is 9.83. The van der Waals surface area contributed by atoms with Crippen molar-refractivity contribution in [3.63, 3.8) is 0 Å². The molecule has 1 N–H and O–H groups in total. The second-order valence-corrected chi connectivity index (χ2v) is 7.91. The number of para-hydroxylation sites is 1. The van der Waals surface area contributed by atoms with Crippen LogP contribution in [0.3, 0.4) is 0 Å². The Morgan fingerprint density at radius 3 is 2.81 bits per heavy atom. The lowest BCUT2D eigenvalue weighted by molar-refractivity contribution is -0.131. The second kappa shape index (κ2) is 7.21. The number of anilines is 1. The molecule has 2 aliphatic rings. The van der Waals surface area contributed by atoms with Gasteiger partial charge in [0.2, 0.25) is 5.91 Å². The molecule has 7 heteroatoms. The number of imidazole rings is 1. The van der Waals surface area contributed by atoms with E-state index in [9.17, 15) is 9.59 Å². The Morgan fingerprint density at radius 2 is 2.11 bits per heavy atom. The van der Waals surface area contributed by atoms with E-state index in [1.165, 1.54) is 0 Å². The molecule has 1 saturated heterocycles. The Hall–Kier alpha value is -2.57. The van der Waals surface area contributed by atoms with Gasteiger partial charge in [-0.15, -0.1) is 0 Å². The van der Waals surface area contributed by atoms with Crippen LogP contribution in [0.25, 0.3) is 11.0 Å². The first-order chi connectivity index (χ1) is 13.0. The SMILES string of the molecule is CC(C)CCNC(=O)n1cnc2c(N3CCN(C4CC4)C(=O)C3)cccc21. The highest BCUT2D eigenvalue weighted by Crippen LogP contribution is 2.31. The number of carbonyl (C=O) groups is 2. The van der Waals surface area contributed by atoms with Crippen molar-refractivity contribution in [3.8, 4) is 0 Å². The van der Waals surface area contributed by atoms with E-state index in [0.717, 1.165) is 49.1 Å². The Bertz CT molecular complexity index is 855. The summed E-state index contributed by atoms with van der Waals surface area (Å²) in [5.74, 6) is 0.731. The topological polar surface area (TPSA) is 70.5 Å². The molecule has 1 saturated carbocycles. The molecule has 2 aromatic rings. The smallest absolute Gasteiger partial charge is 0.327 e. The molecule has 0 spiro atoms. The third-order valence-corrected chi connectivity index (χ3v) is 5.36. The number of carbonyl (C=O) groups excluding carboxylic acids is 2. The largest absolute Gasteiger partial charge is 0.359 e. The first-order valence-electron chi connectivity index (χ1n) is 9.83. The van der Waals surface area contributed by atoms with Crippen molar-refractivity contribution in [3.05, 3.63) is 24.5 Å². The number of hydrogen-bond acceptors (Lipinski definition) is 4. The zero-order chi connectivity index (χ0) is 19.0. The van der Waals surface area contributed by atoms with Crippen LogP contribution >= 0.6 is 0 Å². The summed E-state index contributed by atoms with van der Waals surface area (Å²) in [5, 5.41) is 2.95. The second-order valence-electron chi connectivity index (χ2n) is 7.91. The average Bonchev–Trinajstić information content (AvgIpc) is 3.38. The van der Waals surface area contributed by atoms with Gasteiger partial charge < -0.3 is 15.1 Å². The molecule has 2 heterocycles. The summed E-state index contributed by atoms with van der Waals surface area (Å²) in [4.78, 5) is 33.6. The van der Waals surface area contributed by atoms with Crippen molar-refractivity contribution in [1.29, 1.82) is 0 Å². The molecule has 1 aromatic heterocycles. The van der Waals surface area contributed by atoms with Gasteiger partial charge in [-0.2, -0.15) is 0 Å². The van der Waals surface area contributed by atoms with Crippen LogP contribution in [0.2, 0.25) is 0 Å². The summed E-state index contributed by atoms with van der Waals surface area (Å²) in [6.07, 6.45) is 4.79. The quantitative estimate of drug-likeness (QED) is 0.879. The van der Waals surface area contributed by atoms with E-state index >= 15 is 0 Å². The molecule has 144 valence electrons. The van der Waals surface area contributed by atoms with Gasteiger partial charge >= 0.3 is 6.03 Å². The molecule has 27 heavy (non-hydrogen) atoms. The van der Waals surface area contributed by atoms with Crippen molar-refractivity contribution >= 4 is 28.7 Å². The van der Waals surface area contributed by atoms with Crippen molar-refractivity contribution in [2.45, 2.75) is 39.2 Å². The number of nitrogens with zero attached hydrogens (tertiary/aromatic N) is 4. The summed E-state index contributed by atoms with van der Waals surface area (Å²) >= 11 is 0. The monoisotopic (exact) mass is 369 g/mol. The highest BCUT2D eigenvalue weighted by Gasteiger charge is 2.36. The van der Waals surface area contributed by atoms with Gasteiger partial charge in [0.25, 0.3) is 0 Å². The molecule has 1 aromatic carbocycles. The summed E-state index contributed by atoms with van der Waals surface area (Å²) in [6, 6.07) is 6.11. The minimum absolute atomic E-state index is 0.162. The van der Waals surface area contributed by atoms with Gasteiger partial charge in [0.15, 0.2) is 0 Å². The predicted octanol–water partition coefficient (Wildman–Crippen LogP) is 2.45. The summed E-state index contributed by atoms with van der Waals surface area (Å²) < 4.78 is 1.56. The normalized spacial score (nSPS) is 17.8. The third kappa shape index (κ3) is 3.63. The number of benzene rings is 1. The zero-order valence-corrected chi connectivity index (χ0v) is 16.0. The maximum Gasteiger partial charge on any atom is 0.327 e. The zero-order valence-electron chi connectivity index (χ0n) is 16.0. The van der Waals surface area contributed by atoms with Crippen LogP contribution < -0.4 is 10.2 Å². The number of fused-ring (bicyclic) bond motifs is 1. The minimum atomic E-state index is -0.162. The van der Waals surface area contributed by atoms with Crippen molar-refractivity contribution < 1.29 is 9.59 Å². The number of hydrogen-bond donors (Lipinski definition) is 1. The Balaban J connectivity index is 1.52. The molecule has 2 fully saturated rings. The van der Waals surface area contributed by atoms with Gasteiger partial charge in [0.05, 0.1) is 17.7 Å². The number of rotatable bonds is 5. The molecule has 7 nitrogen and oxygen atoms in total. The van der Waals surface area contributed by atoms with Crippen LogP contribution in [0.4, 0.5) is 10.5 Å². The maximum atomic E-state index is 12.5. The third-order valence-electron chi connectivity index (χ3n) is 5.36.